The first-order chi connectivity index (χ1) is 11.6. The second-order valence-electron chi connectivity index (χ2n) is 7.58. The Morgan fingerprint density at radius 1 is 1.16 bits per heavy atom. The molecule has 0 aliphatic heterocycles. The van der Waals surface area contributed by atoms with Crippen LogP contribution in [0.1, 0.15) is 44.4 Å². The lowest BCUT2D eigenvalue weighted by Gasteiger charge is -2.25. The van der Waals surface area contributed by atoms with Crippen LogP contribution in [-0.4, -0.2) is 35.3 Å². The lowest BCUT2D eigenvalue weighted by atomic mass is 10.0. The van der Waals surface area contributed by atoms with Gasteiger partial charge >= 0.3 is 0 Å². The smallest absolute Gasteiger partial charge is 0.240 e. The molecule has 0 radical (unpaired) electrons. The summed E-state index contributed by atoms with van der Waals surface area (Å²) in [5.74, 6) is -0.223. The molecule has 1 N–H and O–H groups in total. The summed E-state index contributed by atoms with van der Waals surface area (Å²) in [7, 11) is 0. The molecule has 2 aromatic rings. The van der Waals surface area contributed by atoms with Crippen molar-refractivity contribution in [2.75, 3.05) is 13.1 Å². The van der Waals surface area contributed by atoms with Crippen LogP contribution in [0.5, 0.6) is 0 Å². The molecule has 0 aliphatic carbocycles. The van der Waals surface area contributed by atoms with E-state index in [1.54, 1.807) is 11.2 Å². The van der Waals surface area contributed by atoms with E-state index in [9.17, 15) is 9.59 Å². The van der Waals surface area contributed by atoms with Gasteiger partial charge in [-0.05, 0) is 64.8 Å². The SMILES string of the molecule is CCN(CC(=O)NC(C)(C)C)C(=O)Cc1coc2cc(C)c(C)cc12. The number of carbonyl (C=O) groups is 2. The van der Waals surface area contributed by atoms with Crippen LogP contribution < -0.4 is 5.32 Å². The summed E-state index contributed by atoms with van der Waals surface area (Å²) in [6, 6.07) is 4.05. The van der Waals surface area contributed by atoms with Crippen molar-refractivity contribution in [1.82, 2.24) is 10.2 Å². The fourth-order valence-corrected chi connectivity index (χ4v) is 2.76. The van der Waals surface area contributed by atoms with Crippen LogP contribution in [-0.2, 0) is 16.0 Å². The van der Waals surface area contributed by atoms with E-state index in [1.807, 2.05) is 47.6 Å². The van der Waals surface area contributed by atoms with Crippen molar-refractivity contribution in [2.45, 2.75) is 53.5 Å². The minimum Gasteiger partial charge on any atom is -0.464 e. The van der Waals surface area contributed by atoms with E-state index in [-0.39, 0.29) is 30.3 Å². The van der Waals surface area contributed by atoms with Gasteiger partial charge in [-0.2, -0.15) is 0 Å². The third-order valence-electron chi connectivity index (χ3n) is 4.20. The van der Waals surface area contributed by atoms with Crippen LogP contribution in [0, 0.1) is 13.8 Å². The standard InChI is InChI=1S/C20H28N2O3/c1-7-22(11-18(23)21-20(4,5)6)19(24)10-15-12-25-17-9-14(3)13(2)8-16(15)17/h8-9,12H,7,10-11H2,1-6H3,(H,21,23). The van der Waals surface area contributed by atoms with Gasteiger partial charge in [0.05, 0.1) is 19.2 Å². The molecule has 0 bridgehead atoms. The molecule has 1 aromatic heterocycles. The monoisotopic (exact) mass is 344 g/mol. The molecule has 1 heterocycles. The maximum atomic E-state index is 12.6. The number of fused-ring (bicyclic) bond motifs is 1. The van der Waals surface area contributed by atoms with E-state index in [2.05, 4.69) is 11.4 Å². The minimum absolute atomic E-state index is 0.0700. The Morgan fingerprint density at radius 3 is 2.40 bits per heavy atom. The van der Waals surface area contributed by atoms with E-state index in [0.29, 0.717) is 6.54 Å². The van der Waals surface area contributed by atoms with Crippen molar-refractivity contribution in [3.05, 3.63) is 35.1 Å². The number of benzene rings is 1. The van der Waals surface area contributed by atoms with Gasteiger partial charge in [0.1, 0.15) is 5.58 Å². The van der Waals surface area contributed by atoms with Crippen LogP contribution in [0.15, 0.2) is 22.8 Å². The maximum absolute atomic E-state index is 12.6. The molecule has 0 aliphatic rings. The van der Waals surface area contributed by atoms with Gasteiger partial charge in [-0.15, -0.1) is 0 Å². The number of hydrogen-bond acceptors (Lipinski definition) is 3. The quantitative estimate of drug-likeness (QED) is 0.905. The Balaban J connectivity index is 2.12. The molecule has 5 heteroatoms. The molecule has 0 saturated heterocycles. The van der Waals surface area contributed by atoms with Crippen LogP contribution in [0.3, 0.4) is 0 Å². The molecular formula is C20H28N2O3. The number of rotatable bonds is 5. The molecule has 0 spiro atoms. The summed E-state index contributed by atoms with van der Waals surface area (Å²) in [4.78, 5) is 26.3. The van der Waals surface area contributed by atoms with Gasteiger partial charge in [0.2, 0.25) is 11.8 Å². The molecule has 136 valence electrons. The zero-order chi connectivity index (χ0) is 18.8. The van der Waals surface area contributed by atoms with Crippen LogP contribution in [0.4, 0.5) is 0 Å². The zero-order valence-corrected chi connectivity index (χ0v) is 16.0. The second-order valence-corrected chi connectivity index (χ2v) is 7.58. The van der Waals surface area contributed by atoms with Gasteiger partial charge in [0.25, 0.3) is 0 Å². The first kappa shape index (κ1) is 19.0. The Kier molecular flexibility index (Phi) is 5.55. The molecule has 2 rings (SSSR count). The van der Waals surface area contributed by atoms with Crippen molar-refractivity contribution in [1.29, 1.82) is 0 Å². The molecule has 1 aromatic carbocycles. The summed E-state index contributed by atoms with van der Waals surface area (Å²) < 4.78 is 5.60. The lowest BCUT2D eigenvalue weighted by molar-refractivity contribution is -0.135. The summed E-state index contributed by atoms with van der Waals surface area (Å²) in [6.07, 6.45) is 1.87. The minimum atomic E-state index is -0.310. The molecule has 2 amide bonds. The number of nitrogens with zero attached hydrogens (tertiary/aromatic N) is 1. The molecule has 5 nitrogen and oxygen atoms in total. The molecule has 0 unspecified atom stereocenters. The lowest BCUT2D eigenvalue weighted by Crippen LogP contribution is -2.47. The number of aryl methyl sites for hydroxylation is 2. The van der Waals surface area contributed by atoms with E-state index < -0.39 is 0 Å². The highest BCUT2D eigenvalue weighted by Gasteiger charge is 2.21. The molecular weight excluding hydrogens is 316 g/mol. The molecule has 0 fully saturated rings. The Hall–Kier alpha value is -2.30. The third kappa shape index (κ3) is 4.84. The first-order valence-corrected chi connectivity index (χ1v) is 8.67. The fourth-order valence-electron chi connectivity index (χ4n) is 2.76. The summed E-state index contributed by atoms with van der Waals surface area (Å²) in [6.45, 7) is 12.3. The van der Waals surface area contributed by atoms with Gasteiger partial charge in [-0.25, -0.2) is 0 Å². The molecule has 0 atom stereocenters. The van der Waals surface area contributed by atoms with Crippen LogP contribution in [0.2, 0.25) is 0 Å². The van der Waals surface area contributed by atoms with Gasteiger partial charge in [0, 0.05) is 23.0 Å². The third-order valence-corrected chi connectivity index (χ3v) is 4.20. The Morgan fingerprint density at radius 2 is 1.80 bits per heavy atom. The number of likely N-dealkylation sites (N-methyl/N-ethyl adjacent to an activating group) is 1. The average molecular weight is 344 g/mol. The average Bonchev–Trinajstić information content (AvgIpc) is 2.85. The summed E-state index contributed by atoms with van der Waals surface area (Å²) in [5, 5.41) is 3.85. The number of carbonyl (C=O) groups excluding carboxylic acids is 2. The first-order valence-electron chi connectivity index (χ1n) is 8.67. The molecule has 0 saturated carbocycles. The highest BCUT2D eigenvalue weighted by atomic mass is 16.3. The number of furan rings is 1. The van der Waals surface area contributed by atoms with Crippen molar-refractivity contribution in [2.24, 2.45) is 0 Å². The second kappa shape index (κ2) is 7.30. The van der Waals surface area contributed by atoms with Crippen molar-refractivity contribution >= 4 is 22.8 Å². The van der Waals surface area contributed by atoms with Crippen molar-refractivity contribution in [3.63, 3.8) is 0 Å². The van der Waals surface area contributed by atoms with Gasteiger partial charge < -0.3 is 14.6 Å². The van der Waals surface area contributed by atoms with Crippen molar-refractivity contribution < 1.29 is 14.0 Å². The Bertz CT molecular complexity index is 784. The highest BCUT2D eigenvalue weighted by molar-refractivity contribution is 5.90. The van der Waals surface area contributed by atoms with E-state index in [0.717, 1.165) is 22.1 Å². The number of nitrogens with one attached hydrogen (secondary N) is 1. The number of hydrogen-bond donors (Lipinski definition) is 1. The zero-order valence-electron chi connectivity index (χ0n) is 16.0. The Labute approximate surface area is 149 Å². The largest absolute Gasteiger partial charge is 0.464 e. The predicted octanol–water partition coefficient (Wildman–Crippen LogP) is 3.36. The van der Waals surface area contributed by atoms with Gasteiger partial charge in [0.15, 0.2) is 0 Å². The topological polar surface area (TPSA) is 62.6 Å². The van der Waals surface area contributed by atoms with Gasteiger partial charge in [-0.1, -0.05) is 0 Å². The highest BCUT2D eigenvalue weighted by Crippen LogP contribution is 2.25. The molecule has 25 heavy (non-hydrogen) atoms. The predicted molar refractivity (Wildman–Crippen MR) is 99.5 cm³/mol. The summed E-state index contributed by atoms with van der Waals surface area (Å²) >= 11 is 0. The van der Waals surface area contributed by atoms with Gasteiger partial charge in [-0.3, -0.25) is 9.59 Å². The van der Waals surface area contributed by atoms with Crippen LogP contribution >= 0.6 is 0 Å². The summed E-state index contributed by atoms with van der Waals surface area (Å²) in [5.41, 5.74) is 3.67. The fraction of sp³-hybridized carbons (Fsp3) is 0.500. The normalized spacial score (nSPS) is 11.6. The van der Waals surface area contributed by atoms with E-state index >= 15 is 0 Å². The van der Waals surface area contributed by atoms with E-state index in [1.165, 1.54) is 5.56 Å². The number of amides is 2. The maximum Gasteiger partial charge on any atom is 0.240 e. The van der Waals surface area contributed by atoms with Crippen LogP contribution in [0.25, 0.3) is 11.0 Å². The van der Waals surface area contributed by atoms with E-state index in [4.69, 9.17) is 4.42 Å². The van der Waals surface area contributed by atoms with Crippen molar-refractivity contribution in [3.8, 4) is 0 Å².